The molecule has 0 bridgehead atoms. The largest absolute Gasteiger partial charge is 0.511 e. The van der Waals surface area contributed by atoms with Gasteiger partial charge in [0.1, 0.15) is 5.69 Å². The molecular weight excluding hydrogens is 533 g/mol. The highest BCUT2D eigenvalue weighted by Crippen LogP contribution is 2.33. The Kier molecular flexibility index (Phi) is 6.83. The van der Waals surface area contributed by atoms with Gasteiger partial charge in [-0.1, -0.05) is 25.1 Å². The summed E-state index contributed by atoms with van der Waals surface area (Å²) < 4.78 is 64.8. The lowest BCUT2D eigenvalue weighted by atomic mass is 9.99. The molecule has 206 valence electrons. The molecule has 39 heavy (non-hydrogen) atoms. The van der Waals surface area contributed by atoms with E-state index >= 15 is 0 Å². The molecule has 3 aromatic rings. The van der Waals surface area contributed by atoms with Crippen LogP contribution in [0.4, 0.5) is 13.2 Å². The van der Waals surface area contributed by atoms with E-state index in [-0.39, 0.29) is 38.0 Å². The number of sulfonamides is 1. The SMILES string of the molecule is CCc1nc2ncc(C)cn2c1C(=O)NCc1ccc(C2=NC3CCN(S(=O)(=O)C(F)(F)F)CC3=C2)c(C)c1. The second-order valence-electron chi connectivity index (χ2n) is 9.72. The molecule has 1 N–H and O–H groups in total. The molecule has 5 rings (SSSR count). The third-order valence-electron chi connectivity index (χ3n) is 6.94. The van der Waals surface area contributed by atoms with E-state index in [1.807, 2.05) is 45.2 Å². The second kappa shape index (κ2) is 9.87. The number of amides is 1. The van der Waals surface area contributed by atoms with E-state index in [1.165, 1.54) is 0 Å². The lowest BCUT2D eigenvalue weighted by Crippen LogP contribution is -2.46. The number of aryl methyl sites for hydroxylation is 3. The van der Waals surface area contributed by atoms with E-state index in [0.717, 1.165) is 22.3 Å². The Balaban J connectivity index is 1.30. The smallest absolute Gasteiger partial charge is 0.347 e. The van der Waals surface area contributed by atoms with E-state index in [4.69, 9.17) is 0 Å². The van der Waals surface area contributed by atoms with Crippen molar-refractivity contribution in [1.82, 2.24) is 24.0 Å². The minimum atomic E-state index is -5.38. The number of nitrogens with zero attached hydrogens (tertiary/aromatic N) is 5. The number of fused-ring (bicyclic) bond motifs is 2. The zero-order chi connectivity index (χ0) is 28.1. The van der Waals surface area contributed by atoms with Crippen LogP contribution >= 0.6 is 0 Å². The van der Waals surface area contributed by atoms with Crippen molar-refractivity contribution in [3.8, 4) is 0 Å². The number of piperidine rings is 1. The average molecular weight is 561 g/mol. The highest BCUT2D eigenvalue weighted by Gasteiger charge is 2.51. The van der Waals surface area contributed by atoms with Crippen molar-refractivity contribution in [3.63, 3.8) is 0 Å². The van der Waals surface area contributed by atoms with E-state index in [1.54, 1.807) is 16.7 Å². The molecule has 0 saturated carbocycles. The summed E-state index contributed by atoms with van der Waals surface area (Å²) in [6.45, 7) is 5.41. The number of aromatic nitrogens is 3. The molecule has 9 nitrogen and oxygen atoms in total. The van der Waals surface area contributed by atoms with Crippen molar-refractivity contribution >= 4 is 27.4 Å². The standard InChI is InChI=1S/C26H27F3N6O3S/c1-4-20-23(35-13-15(2)11-31-25(35)33-20)24(36)30-12-17-5-6-19(16(3)9-17)22-10-18-14-34(8-7-21(18)32-22)39(37,38)26(27,28)29/h5-6,9-11,13,21H,4,7-8,12,14H2,1-3H3,(H,30,36). The summed E-state index contributed by atoms with van der Waals surface area (Å²) in [5.74, 6) is 0.203. The van der Waals surface area contributed by atoms with Crippen molar-refractivity contribution in [2.75, 3.05) is 13.1 Å². The maximum absolute atomic E-state index is 13.1. The second-order valence-corrected chi connectivity index (χ2v) is 11.6. The van der Waals surface area contributed by atoms with E-state index < -0.39 is 15.5 Å². The predicted octanol–water partition coefficient (Wildman–Crippen LogP) is 3.49. The Morgan fingerprint density at radius 2 is 2.00 bits per heavy atom. The Morgan fingerprint density at radius 1 is 1.23 bits per heavy atom. The van der Waals surface area contributed by atoms with Gasteiger partial charge in [0.25, 0.3) is 5.91 Å². The fraction of sp³-hybridized carbons (Fsp3) is 0.385. The molecule has 1 atom stereocenters. The van der Waals surface area contributed by atoms with Crippen LogP contribution in [0.25, 0.3) is 5.78 Å². The van der Waals surface area contributed by atoms with Crippen molar-refractivity contribution in [3.05, 3.63) is 75.9 Å². The van der Waals surface area contributed by atoms with Crippen LogP contribution in [0.3, 0.4) is 0 Å². The van der Waals surface area contributed by atoms with Crippen LogP contribution in [0, 0.1) is 13.8 Å². The number of hydrogen-bond donors (Lipinski definition) is 1. The van der Waals surface area contributed by atoms with Crippen LogP contribution in [0.1, 0.15) is 51.8 Å². The number of halogens is 3. The first kappa shape index (κ1) is 27.0. The third-order valence-corrected chi connectivity index (χ3v) is 8.52. The first-order chi connectivity index (χ1) is 18.4. The van der Waals surface area contributed by atoms with Gasteiger partial charge in [-0.15, -0.1) is 0 Å². The van der Waals surface area contributed by atoms with Crippen molar-refractivity contribution in [2.24, 2.45) is 4.99 Å². The van der Waals surface area contributed by atoms with Gasteiger partial charge in [-0.05, 0) is 55.0 Å². The van der Waals surface area contributed by atoms with Gasteiger partial charge in [0.15, 0.2) is 0 Å². The molecule has 2 aliphatic heterocycles. The van der Waals surface area contributed by atoms with E-state index in [0.29, 0.717) is 39.2 Å². The molecule has 13 heteroatoms. The Bertz CT molecular complexity index is 1640. The molecule has 1 amide bonds. The number of benzene rings is 1. The summed E-state index contributed by atoms with van der Waals surface area (Å²) in [5, 5.41) is 2.95. The fourth-order valence-electron chi connectivity index (χ4n) is 4.96. The number of alkyl halides is 3. The first-order valence-corrected chi connectivity index (χ1v) is 13.9. The van der Waals surface area contributed by atoms with Gasteiger partial charge in [-0.3, -0.25) is 14.2 Å². The Hall–Kier alpha value is -3.58. The molecule has 0 radical (unpaired) electrons. The predicted molar refractivity (Wildman–Crippen MR) is 139 cm³/mol. The number of imidazole rings is 1. The molecule has 2 aromatic heterocycles. The number of allylic oxidation sites excluding steroid dienone is 1. The lowest BCUT2D eigenvalue weighted by molar-refractivity contribution is -0.0489. The van der Waals surface area contributed by atoms with Gasteiger partial charge in [0.2, 0.25) is 5.78 Å². The van der Waals surface area contributed by atoms with Crippen molar-refractivity contribution in [2.45, 2.75) is 51.7 Å². The number of hydrogen-bond acceptors (Lipinski definition) is 6. The van der Waals surface area contributed by atoms with E-state index in [9.17, 15) is 26.4 Å². The van der Waals surface area contributed by atoms with Crippen molar-refractivity contribution < 1.29 is 26.4 Å². The molecule has 2 aliphatic rings. The summed E-state index contributed by atoms with van der Waals surface area (Å²) in [6.07, 6.45) is 5.98. The van der Waals surface area contributed by atoms with Gasteiger partial charge < -0.3 is 5.32 Å². The maximum Gasteiger partial charge on any atom is 0.511 e. The van der Waals surface area contributed by atoms with E-state index in [2.05, 4.69) is 20.3 Å². The molecule has 1 unspecified atom stereocenters. The van der Waals surface area contributed by atoms with Crippen LogP contribution in [-0.4, -0.2) is 63.4 Å². The molecule has 0 spiro atoms. The normalized spacial score (nSPS) is 18.2. The van der Waals surface area contributed by atoms with Crippen LogP contribution in [0.5, 0.6) is 0 Å². The van der Waals surface area contributed by atoms with Gasteiger partial charge in [-0.25, -0.2) is 18.4 Å². The molecular formula is C26H27F3N6O3S. The fourth-order valence-corrected chi connectivity index (χ4v) is 5.92. The topological polar surface area (TPSA) is 109 Å². The summed E-state index contributed by atoms with van der Waals surface area (Å²) in [4.78, 5) is 26.5. The number of nitrogens with one attached hydrogen (secondary N) is 1. The molecule has 0 aliphatic carbocycles. The van der Waals surface area contributed by atoms with Crippen LogP contribution in [-0.2, 0) is 23.0 Å². The summed E-state index contributed by atoms with van der Waals surface area (Å²) in [7, 11) is -5.38. The van der Waals surface area contributed by atoms with Crippen molar-refractivity contribution in [1.29, 1.82) is 0 Å². The zero-order valence-corrected chi connectivity index (χ0v) is 22.4. The minimum absolute atomic E-state index is 0.186. The number of carbonyl (C=O) groups is 1. The summed E-state index contributed by atoms with van der Waals surface area (Å²) >= 11 is 0. The maximum atomic E-state index is 13.1. The van der Waals surface area contributed by atoms with Gasteiger partial charge in [0.05, 0.1) is 17.4 Å². The molecule has 1 fully saturated rings. The minimum Gasteiger partial charge on any atom is -0.347 e. The Labute approximate surface area is 223 Å². The van der Waals surface area contributed by atoms with Gasteiger partial charge >= 0.3 is 15.5 Å². The average Bonchev–Trinajstić information content (AvgIpc) is 3.47. The number of carbonyl (C=O) groups excluding carboxylic acids is 1. The highest BCUT2D eigenvalue weighted by molar-refractivity contribution is 7.90. The summed E-state index contributed by atoms with van der Waals surface area (Å²) in [6, 6.07) is 5.29. The molecule has 1 aromatic carbocycles. The van der Waals surface area contributed by atoms with Crippen LogP contribution in [0.2, 0.25) is 0 Å². The van der Waals surface area contributed by atoms with Gasteiger partial charge in [0, 0.05) is 37.6 Å². The lowest BCUT2D eigenvalue weighted by Gasteiger charge is -2.30. The quantitative estimate of drug-likeness (QED) is 0.497. The highest BCUT2D eigenvalue weighted by atomic mass is 32.2. The van der Waals surface area contributed by atoms with Gasteiger partial charge in [-0.2, -0.15) is 17.5 Å². The van der Waals surface area contributed by atoms with Crippen LogP contribution < -0.4 is 5.32 Å². The number of aliphatic imine (C=N–C) groups is 1. The summed E-state index contributed by atoms with van der Waals surface area (Å²) in [5.41, 5.74) is 0.372. The first-order valence-electron chi connectivity index (χ1n) is 12.5. The van der Waals surface area contributed by atoms with Crippen LogP contribution in [0.15, 0.2) is 47.2 Å². The monoisotopic (exact) mass is 560 g/mol. The zero-order valence-electron chi connectivity index (χ0n) is 21.6. The third kappa shape index (κ3) is 4.96. The number of rotatable bonds is 6. The molecule has 4 heterocycles. The Morgan fingerprint density at radius 3 is 2.69 bits per heavy atom. The molecule has 1 saturated heterocycles.